The van der Waals surface area contributed by atoms with Gasteiger partial charge in [0.15, 0.2) is 0 Å². The number of hydrogen-bond acceptors (Lipinski definition) is 5. The molecular formula is C22H23N5O. The maximum atomic E-state index is 12.1. The van der Waals surface area contributed by atoms with Crippen molar-refractivity contribution in [1.82, 2.24) is 9.97 Å². The van der Waals surface area contributed by atoms with Crippen molar-refractivity contribution in [2.24, 2.45) is 0 Å². The SMILES string of the molecule is CCNc1cc(C)nc(Nc2ccc(NC(=O)/C=C/c3ccccc3)cc2)n1. The zero-order valence-electron chi connectivity index (χ0n) is 15.9. The van der Waals surface area contributed by atoms with Crippen molar-refractivity contribution >= 4 is 35.1 Å². The lowest BCUT2D eigenvalue weighted by molar-refractivity contribution is -0.111. The fourth-order valence-corrected chi connectivity index (χ4v) is 2.58. The number of anilines is 4. The van der Waals surface area contributed by atoms with Gasteiger partial charge < -0.3 is 16.0 Å². The number of aryl methyl sites for hydroxylation is 1. The number of carbonyl (C=O) groups excluding carboxylic acids is 1. The first-order valence-electron chi connectivity index (χ1n) is 9.13. The average molecular weight is 373 g/mol. The first-order valence-corrected chi connectivity index (χ1v) is 9.13. The summed E-state index contributed by atoms with van der Waals surface area (Å²) in [6.45, 7) is 4.74. The Bertz CT molecular complexity index is 952. The minimum atomic E-state index is -0.179. The van der Waals surface area contributed by atoms with Crippen LogP contribution >= 0.6 is 0 Å². The molecule has 0 fully saturated rings. The maximum absolute atomic E-state index is 12.1. The summed E-state index contributed by atoms with van der Waals surface area (Å²) in [6, 6.07) is 19.0. The first kappa shape index (κ1) is 19.1. The summed E-state index contributed by atoms with van der Waals surface area (Å²) in [5.41, 5.74) is 3.41. The van der Waals surface area contributed by atoms with Crippen molar-refractivity contribution < 1.29 is 4.79 Å². The molecule has 0 aliphatic carbocycles. The van der Waals surface area contributed by atoms with Gasteiger partial charge in [0.05, 0.1) is 0 Å². The van der Waals surface area contributed by atoms with Crippen molar-refractivity contribution in [3.8, 4) is 0 Å². The lowest BCUT2D eigenvalue weighted by Gasteiger charge is -2.09. The molecule has 1 aromatic heterocycles. The highest BCUT2D eigenvalue weighted by Crippen LogP contribution is 2.18. The van der Waals surface area contributed by atoms with E-state index in [1.807, 2.05) is 74.5 Å². The third-order valence-electron chi connectivity index (χ3n) is 3.85. The van der Waals surface area contributed by atoms with Crippen LogP contribution in [0.15, 0.2) is 66.7 Å². The van der Waals surface area contributed by atoms with E-state index in [4.69, 9.17) is 0 Å². The molecule has 6 nitrogen and oxygen atoms in total. The van der Waals surface area contributed by atoms with Gasteiger partial charge in [0.1, 0.15) is 5.82 Å². The van der Waals surface area contributed by atoms with E-state index in [-0.39, 0.29) is 5.91 Å². The van der Waals surface area contributed by atoms with Gasteiger partial charge in [-0.15, -0.1) is 0 Å². The van der Waals surface area contributed by atoms with Crippen molar-refractivity contribution in [2.75, 3.05) is 22.5 Å². The highest BCUT2D eigenvalue weighted by Gasteiger charge is 2.03. The number of carbonyl (C=O) groups is 1. The molecule has 3 N–H and O–H groups in total. The van der Waals surface area contributed by atoms with Crippen LogP contribution in [-0.2, 0) is 4.79 Å². The normalized spacial score (nSPS) is 10.6. The van der Waals surface area contributed by atoms with Crippen LogP contribution in [0.3, 0.4) is 0 Å². The smallest absolute Gasteiger partial charge is 0.248 e. The number of nitrogens with zero attached hydrogens (tertiary/aromatic N) is 2. The number of hydrogen-bond donors (Lipinski definition) is 3. The predicted molar refractivity (Wildman–Crippen MR) is 115 cm³/mol. The molecule has 28 heavy (non-hydrogen) atoms. The van der Waals surface area contributed by atoms with Gasteiger partial charge in [-0.05, 0) is 49.8 Å². The van der Waals surface area contributed by atoms with Gasteiger partial charge >= 0.3 is 0 Å². The van der Waals surface area contributed by atoms with E-state index >= 15 is 0 Å². The van der Waals surface area contributed by atoms with Gasteiger partial charge in [-0.3, -0.25) is 4.79 Å². The molecule has 0 saturated heterocycles. The summed E-state index contributed by atoms with van der Waals surface area (Å²) in [6.07, 6.45) is 3.30. The predicted octanol–water partition coefficient (Wildman–Crippen LogP) is 4.61. The quantitative estimate of drug-likeness (QED) is 0.527. The van der Waals surface area contributed by atoms with E-state index in [0.717, 1.165) is 29.3 Å². The summed E-state index contributed by atoms with van der Waals surface area (Å²) in [4.78, 5) is 20.9. The Balaban J connectivity index is 1.60. The van der Waals surface area contributed by atoms with Crippen LogP contribution in [0.25, 0.3) is 6.08 Å². The van der Waals surface area contributed by atoms with E-state index in [2.05, 4.69) is 25.9 Å². The van der Waals surface area contributed by atoms with E-state index in [9.17, 15) is 4.79 Å². The Kier molecular flexibility index (Phi) is 6.36. The first-order chi connectivity index (χ1) is 13.6. The summed E-state index contributed by atoms with van der Waals surface area (Å²) in [7, 11) is 0. The van der Waals surface area contributed by atoms with Gasteiger partial charge in [0, 0.05) is 35.8 Å². The summed E-state index contributed by atoms with van der Waals surface area (Å²) >= 11 is 0. The maximum Gasteiger partial charge on any atom is 0.248 e. The lowest BCUT2D eigenvalue weighted by atomic mass is 10.2. The Morgan fingerprint density at radius 1 is 1.00 bits per heavy atom. The van der Waals surface area contributed by atoms with E-state index < -0.39 is 0 Å². The molecule has 0 aliphatic heterocycles. The molecule has 6 heteroatoms. The molecule has 0 bridgehead atoms. The fourth-order valence-electron chi connectivity index (χ4n) is 2.58. The number of aromatic nitrogens is 2. The molecule has 3 rings (SSSR count). The van der Waals surface area contributed by atoms with Crippen LogP contribution in [0, 0.1) is 6.92 Å². The molecule has 142 valence electrons. The van der Waals surface area contributed by atoms with E-state index in [1.165, 1.54) is 6.08 Å². The Morgan fingerprint density at radius 2 is 1.71 bits per heavy atom. The van der Waals surface area contributed by atoms with Crippen molar-refractivity contribution in [3.05, 3.63) is 78.0 Å². The molecule has 0 radical (unpaired) electrons. The van der Waals surface area contributed by atoms with Crippen LogP contribution < -0.4 is 16.0 Å². The highest BCUT2D eigenvalue weighted by atomic mass is 16.1. The number of benzene rings is 2. The van der Waals surface area contributed by atoms with Crippen LogP contribution in [0.4, 0.5) is 23.1 Å². The van der Waals surface area contributed by atoms with E-state index in [1.54, 1.807) is 6.08 Å². The van der Waals surface area contributed by atoms with E-state index in [0.29, 0.717) is 11.6 Å². The fraction of sp³-hybridized carbons (Fsp3) is 0.136. The van der Waals surface area contributed by atoms with Crippen LogP contribution in [-0.4, -0.2) is 22.4 Å². The van der Waals surface area contributed by atoms with Crippen LogP contribution in [0.2, 0.25) is 0 Å². The van der Waals surface area contributed by atoms with Gasteiger partial charge in [-0.1, -0.05) is 30.3 Å². The molecule has 0 saturated carbocycles. The standard InChI is InChI=1S/C22H23N5O/c1-3-23-20-15-16(2)24-22(27-20)26-19-12-10-18(11-13-19)25-21(28)14-9-17-7-5-4-6-8-17/h4-15H,3H2,1-2H3,(H,25,28)(H2,23,24,26,27)/b14-9+. The van der Waals surface area contributed by atoms with Gasteiger partial charge in [0.25, 0.3) is 0 Å². The van der Waals surface area contributed by atoms with Gasteiger partial charge in [0.2, 0.25) is 11.9 Å². The second kappa shape index (κ2) is 9.32. The van der Waals surface area contributed by atoms with Crippen molar-refractivity contribution in [2.45, 2.75) is 13.8 Å². The Labute approximate surface area is 164 Å². The van der Waals surface area contributed by atoms with Crippen LogP contribution in [0.1, 0.15) is 18.2 Å². The number of rotatable bonds is 7. The van der Waals surface area contributed by atoms with Gasteiger partial charge in [-0.25, -0.2) is 4.98 Å². The topological polar surface area (TPSA) is 78.9 Å². The minimum Gasteiger partial charge on any atom is -0.370 e. The second-order valence-electron chi connectivity index (χ2n) is 6.18. The monoisotopic (exact) mass is 373 g/mol. The minimum absolute atomic E-state index is 0.179. The molecule has 1 amide bonds. The average Bonchev–Trinajstić information content (AvgIpc) is 2.69. The van der Waals surface area contributed by atoms with Crippen molar-refractivity contribution in [3.63, 3.8) is 0 Å². The molecule has 0 atom stereocenters. The summed E-state index contributed by atoms with van der Waals surface area (Å²) < 4.78 is 0. The molecule has 0 aliphatic rings. The second-order valence-corrected chi connectivity index (χ2v) is 6.18. The molecular weight excluding hydrogens is 350 g/mol. The Morgan fingerprint density at radius 3 is 2.43 bits per heavy atom. The zero-order valence-corrected chi connectivity index (χ0v) is 15.9. The third kappa shape index (κ3) is 5.67. The summed E-state index contributed by atoms with van der Waals surface area (Å²) in [5, 5.41) is 9.21. The van der Waals surface area contributed by atoms with Crippen LogP contribution in [0.5, 0.6) is 0 Å². The highest BCUT2D eigenvalue weighted by molar-refractivity contribution is 6.02. The summed E-state index contributed by atoms with van der Waals surface area (Å²) in [5.74, 6) is 1.13. The molecule has 0 unspecified atom stereocenters. The molecule has 0 spiro atoms. The van der Waals surface area contributed by atoms with Gasteiger partial charge in [-0.2, -0.15) is 4.98 Å². The molecule has 1 heterocycles. The Hall–Kier alpha value is -3.67. The molecule has 3 aromatic rings. The third-order valence-corrected chi connectivity index (χ3v) is 3.85. The molecule has 2 aromatic carbocycles. The zero-order chi connectivity index (χ0) is 19.8. The lowest BCUT2D eigenvalue weighted by Crippen LogP contribution is -2.08. The number of nitrogens with one attached hydrogen (secondary N) is 3. The van der Waals surface area contributed by atoms with Crippen molar-refractivity contribution in [1.29, 1.82) is 0 Å². The largest absolute Gasteiger partial charge is 0.370 e. The number of amides is 1.